The molecule has 2 rings (SSSR count). The Morgan fingerprint density at radius 1 is 1.31 bits per heavy atom. The number of carbonyl (C=O) groups excluding carboxylic acids is 1. The van der Waals surface area contributed by atoms with Crippen molar-refractivity contribution in [2.24, 2.45) is 0 Å². The van der Waals surface area contributed by atoms with Gasteiger partial charge in [-0.05, 0) is 31.0 Å². The third-order valence-corrected chi connectivity index (χ3v) is 2.34. The SMILES string of the molecule is Cc1ccc2cc(C=O)oc2c1C. The maximum atomic E-state index is 10.5. The Morgan fingerprint density at radius 3 is 2.77 bits per heavy atom. The average Bonchev–Trinajstić information content (AvgIpc) is 2.55. The number of carbonyl (C=O) groups is 1. The van der Waals surface area contributed by atoms with Crippen LogP contribution in [0.2, 0.25) is 0 Å². The zero-order valence-corrected chi connectivity index (χ0v) is 7.63. The van der Waals surface area contributed by atoms with Gasteiger partial charge in [-0.2, -0.15) is 0 Å². The molecule has 2 nitrogen and oxygen atoms in total. The van der Waals surface area contributed by atoms with E-state index in [9.17, 15) is 4.79 Å². The van der Waals surface area contributed by atoms with Crippen LogP contribution in [0.25, 0.3) is 11.0 Å². The van der Waals surface area contributed by atoms with E-state index in [1.165, 1.54) is 5.56 Å². The third-order valence-electron chi connectivity index (χ3n) is 2.34. The quantitative estimate of drug-likeness (QED) is 0.622. The maximum Gasteiger partial charge on any atom is 0.185 e. The van der Waals surface area contributed by atoms with Crippen molar-refractivity contribution in [3.05, 3.63) is 35.1 Å². The lowest BCUT2D eigenvalue weighted by molar-refractivity contribution is 0.110. The van der Waals surface area contributed by atoms with Crippen molar-refractivity contribution >= 4 is 17.3 Å². The number of benzene rings is 1. The highest BCUT2D eigenvalue weighted by molar-refractivity contribution is 5.87. The molecular formula is C11H10O2. The maximum absolute atomic E-state index is 10.5. The molecule has 2 heteroatoms. The number of fused-ring (bicyclic) bond motifs is 1. The van der Waals surface area contributed by atoms with Gasteiger partial charge < -0.3 is 4.42 Å². The first-order chi connectivity index (χ1) is 6.22. The molecule has 0 aliphatic carbocycles. The first kappa shape index (κ1) is 8.05. The van der Waals surface area contributed by atoms with Gasteiger partial charge >= 0.3 is 0 Å². The van der Waals surface area contributed by atoms with Crippen LogP contribution < -0.4 is 0 Å². The molecule has 0 unspecified atom stereocenters. The Kier molecular flexibility index (Phi) is 1.69. The van der Waals surface area contributed by atoms with E-state index in [2.05, 4.69) is 0 Å². The second kappa shape index (κ2) is 2.73. The first-order valence-electron chi connectivity index (χ1n) is 4.17. The van der Waals surface area contributed by atoms with Gasteiger partial charge in [-0.25, -0.2) is 0 Å². The minimum atomic E-state index is 0.392. The topological polar surface area (TPSA) is 30.2 Å². The van der Waals surface area contributed by atoms with Gasteiger partial charge in [0.25, 0.3) is 0 Å². The van der Waals surface area contributed by atoms with Crippen molar-refractivity contribution in [2.75, 3.05) is 0 Å². The van der Waals surface area contributed by atoms with Crippen LogP contribution in [-0.2, 0) is 0 Å². The molecule has 1 aromatic heterocycles. The Bertz CT molecular complexity index is 466. The molecule has 1 aromatic carbocycles. The summed E-state index contributed by atoms with van der Waals surface area (Å²) in [5, 5.41) is 0.991. The van der Waals surface area contributed by atoms with E-state index in [-0.39, 0.29) is 0 Å². The van der Waals surface area contributed by atoms with Crippen molar-refractivity contribution in [1.82, 2.24) is 0 Å². The molecule has 0 amide bonds. The number of rotatable bonds is 1. The van der Waals surface area contributed by atoms with Gasteiger partial charge in [0.15, 0.2) is 12.0 Å². The van der Waals surface area contributed by atoms with E-state index in [1.54, 1.807) is 6.07 Å². The summed E-state index contributed by atoms with van der Waals surface area (Å²) in [6.45, 7) is 4.02. The summed E-state index contributed by atoms with van der Waals surface area (Å²) in [4.78, 5) is 10.5. The molecule has 0 aliphatic heterocycles. The van der Waals surface area contributed by atoms with E-state index < -0.39 is 0 Å². The molecule has 1 heterocycles. The van der Waals surface area contributed by atoms with E-state index in [0.717, 1.165) is 22.8 Å². The zero-order chi connectivity index (χ0) is 9.42. The standard InChI is InChI=1S/C11H10O2/c1-7-3-4-9-5-10(6-12)13-11(9)8(7)2/h3-6H,1-2H3. The molecule has 0 fully saturated rings. The number of hydrogen-bond acceptors (Lipinski definition) is 2. The number of aryl methyl sites for hydroxylation is 2. The molecule has 2 aromatic rings. The Hall–Kier alpha value is -1.57. The molecule has 0 radical (unpaired) electrons. The van der Waals surface area contributed by atoms with Gasteiger partial charge in [-0.1, -0.05) is 12.1 Å². The molecule has 0 spiro atoms. The van der Waals surface area contributed by atoms with Gasteiger partial charge in [-0.3, -0.25) is 4.79 Å². The molecule has 66 valence electrons. The van der Waals surface area contributed by atoms with E-state index >= 15 is 0 Å². The van der Waals surface area contributed by atoms with Crippen molar-refractivity contribution < 1.29 is 9.21 Å². The molecule has 13 heavy (non-hydrogen) atoms. The van der Waals surface area contributed by atoms with E-state index in [4.69, 9.17) is 4.42 Å². The second-order valence-corrected chi connectivity index (χ2v) is 3.19. The largest absolute Gasteiger partial charge is 0.453 e. The molecule has 0 N–H and O–H groups in total. The smallest absolute Gasteiger partial charge is 0.185 e. The summed E-state index contributed by atoms with van der Waals surface area (Å²) < 4.78 is 5.36. The number of furan rings is 1. The van der Waals surface area contributed by atoms with Crippen LogP contribution in [-0.4, -0.2) is 6.29 Å². The van der Waals surface area contributed by atoms with Crippen molar-refractivity contribution in [3.63, 3.8) is 0 Å². The highest BCUT2D eigenvalue weighted by Gasteiger charge is 2.06. The number of hydrogen-bond donors (Lipinski definition) is 0. The highest BCUT2D eigenvalue weighted by Crippen LogP contribution is 2.24. The number of aldehydes is 1. The molecular weight excluding hydrogens is 164 g/mol. The Balaban J connectivity index is 2.83. The third kappa shape index (κ3) is 1.15. The fourth-order valence-corrected chi connectivity index (χ4v) is 1.42. The second-order valence-electron chi connectivity index (χ2n) is 3.19. The lowest BCUT2D eigenvalue weighted by Crippen LogP contribution is -1.79. The first-order valence-corrected chi connectivity index (χ1v) is 4.17. The molecule has 0 bridgehead atoms. The average molecular weight is 174 g/mol. The van der Waals surface area contributed by atoms with Crippen molar-refractivity contribution in [2.45, 2.75) is 13.8 Å². The van der Waals surface area contributed by atoms with Gasteiger partial charge in [0.2, 0.25) is 0 Å². The molecule has 0 aliphatic rings. The van der Waals surface area contributed by atoms with Crippen LogP contribution in [0.1, 0.15) is 21.7 Å². The van der Waals surface area contributed by atoms with Gasteiger partial charge in [-0.15, -0.1) is 0 Å². The van der Waals surface area contributed by atoms with Crippen LogP contribution >= 0.6 is 0 Å². The Labute approximate surface area is 76.2 Å². The monoisotopic (exact) mass is 174 g/mol. The predicted molar refractivity (Wildman–Crippen MR) is 51.1 cm³/mol. The normalized spacial score (nSPS) is 10.6. The van der Waals surface area contributed by atoms with Crippen molar-refractivity contribution in [3.8, 4) is 0 Å². The molecule has 0 saturated heterocycles. The summed E-state index contributed by atoms with van der Waals surface area (Å²) in [7, 11) is 0. The van der Waals surface area contributed by atoms with Crippen LogP contribution in [0.5, 0.6) is 0 Å². The van der Waals surface area contributed by atoms with Gasteiger partial charge in [0, 0.05) is 5.39 Å². The fourth-order valence-electron chi connectivity index (χ4n) is 1.42. The van der Waals surface area contributed by atoms with Crippen molar-refractivity contribution in [1.29, 1.82) is 0 Å². The fraction of sp³-hybridized carbons (Fsp3) is 0.182. The molecule has 0 saturated carbocycles. The van der Waals surface area contributed by atoms with Crippen LogP contribution in [0.4, 0.5) is 0 Å². The summed E-state index contributed by atoms with van der Waals surface area (Å²) in [5.41, 5.74) is 3.10. The van der Waals surface area contributed by atoms with Crippen LogP contribution in [0.15, 0.2) is 22.6 Å². The van der Waals surface area contributed by atoms with Gasteiger partial charge in [0.05, 0.1) is 0 Å². The summed E-state index contributed by atoms with van der Waals surface area (Å²) >= 11 is 0. The minimum Gasteiger partial charge on any atom is -0.453 e. The summed E-state index contributed by atoms with van der Waals surface area (Å²) in [6.07, 6.45) is 0.731. The Morgan fingerprint density at radius 2 is 2.08 bits per heavy atom. The summed E-state index contributed by atoms with van der Waals surface area (Å²) in [5.74, 6) is 0.392. The summed E-state index contributed by atoms with van der Waals surface area (Å²) in [6, 6.07) is 5.75. The lowest BCUT2D eigenvalue weighted by atomic mass is 10.1. The lowest BCUT2D eigenvalue weighted by Gasteiger charge is -1.98. The zero-order valence-electron chi connectivity index (χ0n) is 7.63. The van der Waals surface area contributed by atoms with E-state index in [1.807, 2.05) is 26.0 Å². The predicted octanol–water partition coefficient (Wildman–Crippen LogP) is 2.86. The minimum absolute atomic E-state index is 0.392. The van der Waals surface area contributed by atoms with E-state index in [0.29, 0.717) is 5.76 Å². The highest BCUT2D eigenvalue weighted by atomic mass is 16.3. The van der Waals surface area contributed by atoms with Crippen LogP contribution in [0, 0.1) is 13.8 Å². The van der Waals surface area contributed by atoms with Crippen LogP contribution in [0.3, 0.4) is 0 Å². The molecule has 0 atom stereocenters. The van der Waals surface area contributed by atoms with Gasteiger partial charge in [0.1, 0.15) is 5.58 Å².